The molecule has 112 valence electrons. The fourth-order valence-electron chi connectivity index (χ4n) is 1.99. The lowest BCUT2D eigenvalue weighted by molar-refractivity contribution is 0.00592. The number of amides is 1. The van der Waals surface area contributed by atoms with Crippen LogP contribution in [0.3, 0.4) is 0 Å². The first-order valence-corrected chi connectivity index (χ1v) is 6.97. The van der Waals surface area contributed by atoms with E-state index in [2.05, 4.69) is 5.32 Å². The third-order valence-corrected chi connectivity index (χ3v) is 3.96. The minimum absolute atomic E-state index is 0.125. The van der Waals surface area contributed by atoms with Crippen molar-refractivity contribution in [2.24, 2.45) is 5.92 Å². The number of carbonyl (C=O) groups is 1. The zero-order valence-electron chi connectivity index (χ0n) is 13.0. The predicted octanol–water partition coefficient (Wildman–Crippen LogP) is 2.53. The van der Waals surface area contributed by atoms with Crippen molar-refractivity contribution in [3.8, 4) is 5.75 Å². The summed E-state index contributed by atoms with van der Waals surface area (Å²) in [6.45, 7) is 7.86. The van der Waals surface area contributed by atoms with E-state index in [1.165, 1.54) is 0 Å². The molecule has 0 aliphatic heterocycles. The number of benzene rings is 1. The molecule has 0 aromatic heterocycles. The molecule has 0 bridgehead atoms. The second-order valence-corrected chi connectivity index (χ2v) is 5.53. The van der Waals surface area contributed by atoms with Crippen molar-refractivity contribution in [2.75, 3.05) is 13.7 Å². The van der Waals surface area contributed by atoms with Gasteiger partial charge in [-0.3, -0.25) is 4.79 Å². The van der Waals surface area contributed by atoms with Crippen LogP contribution < -0.4 is 10.1 Å². The molecule has 0 saturated carbocycles. The highest BCUT2D eigenvalue weighted by molar-refractivity contribution is 5.95. The lowest BCUT2D eigenvalue weighted by Gasteiger charge is -2.29. The molecule has 0 aliphatic rings. The predicted molar refractivity (Wildman–Crippen MR) is 80.1 cm³/mol. The van der Waals surface area contributed by atoms with Gasteiger partial charge in [-0.2, -0.15) is 0 Å². The van der Waals surface area contributed by atoms with Crippen LogP contribution in [-0.4, -0.2) is 30.3 Å². The van der Waals surface area contributed by atoms with Gasteiger partial charge in [0, 0.05) is 12.1 Å². The van der Waals surface area contributed by atoms with Gasteiger partial charge in [-0.05, 0) is 43.5 Å². The molecular formula is C16H25NO3. The smallest absolute Gasteiger partial charge is 0.251 e. The second kappa shape index (κ2) is 6.75. The van der Waals surface area contributed by atoms with Gasteiger partial charge in [-0.1, -0.05) is 20.3 Å². The number of hydrogen-bond acceptors (Lipinski definition) is 3. The van der Waals surface area contributed by atoms with Gasteiger partial charge >= 0.3 is 0 Å². The average molecular weight is 279 g/mol. The van der Waals surface area contributed by atoms with Crippen molar-refractivity contribution in [1.82, 2.24) is 5.32 Å². The van der Waals surface area contributed by atoms with Crippen LogP contribution in [0.5, 0.6) is 5.75 Å². The minimum atomic E-state index is -0.898. The van der Waals surface area contributed by atoms with E-state index >= 15 is 0 Å². The summed E-state index contributed by atoms with van der Waals surface area (Å²) in [5, 5.41) is 13.1. The Hall–Kier alpha value is -1.55. The minimum Gasteiger partial charge on any atom is -0.497 e. The van der Waals surface area contributed by atoms with Crippen LogP contribution in [0.2, 0.25) is 0 Å². The van der Waals surface area contributed by atoms with Crippen molar-refractivity contribution >= 4 is 5.91 Å². The van der Waals surface area contributed by atoms with Crippen LogP contribution in [0.15, 0.2) is 18.2 Å². The van der Waals surface area contributed by atoms with Crippen LogP contribution in [0.25, 0.3) is 0 Å². The Morgan fingerprint density at radius 1 is 1.50 bits per heavy atom. The summed E-state index contributed by atoms with van der Waals surface area (Å²) in [7, 11) is 1.60. The Balaban J connectivity index is 2.73. The molecule has 0 spiro atoms. The van der Waals surface area contributed by atoms with Crippen molar-refractivity contribution < 1.29 is 14.6 Å². The normalized spacial score (nSPS) is 15.3. The number of hydrogen-bond donors (Lipinski definition) is 2. The van der Waals surface area contributed by atoms with Crippen molar-refractivity contribution in [3.05, 3.63) is 29.3 Å². The Morgan fingerprint density at radius 3 is 2.65 bits per heavy atom. The number of aliphatic hydroxyl groups is 1. The fraction of sp³-hybridized carbons (Fsp3) is 0.562. The molecule has 4 heteroatoms. The van der Waals surface area contributed by atoms with Gasteiger partial charge in [0.1, 0.15) is 5.75 Å². The van der Waals surface area contributed by atoms with Gasteiger partial charge < -0.3 is 15.2 Å². The van der Waals surface area contributed by atoms with Gasteiger partial charge in [0.2, 0.25) is 0 Å². The first-order chi connectivity index (χ1) is 9.31. The third-order valence-electron chi connectivity index (χ3n) is 3.96. The molecule has 20 heavy (non-hydrogen) atoms. The van der Waals surface area contributed by atoms with Crippen LogP contribution in [0.4, 0.5) is 0 Å². The zero-order chi connectivity index (χ0) is 15.3. The lowest BCUT2D eigenvalue weighted by atomic mass is 9.88. The highest BCUT2D eigenvalue weighted by Crippen LogP contribution is 2.20. The van der Waals surface area contributed by atoms with E-state index in [1.54, 1.807) is 26.2 Å². The maximum absolute atomic E-state index is 12.2. The molecule has 1 rings (SSSR count). The topological polar surface area (TPSA) is 58.6 Å². The molecule has 1 aromatic rings. The monoisotopic (exact) mass is 279 g/mol. The first kappa shape index (κ1) is 16.5. The summed E-state index contributed by atoms with van der Waals surface area (Å²) in [6, 6.07) is 5.32. The molecule has 4 nitrogen and oxygen atoms in total. The van der Waals surface area contributed by atoms with Gasteiger partial charge in [-0.25, -0.2) is 0 Å². The highest BCUT2D eigenvalue weighted by atomic mass is 16.5. The summed E-state index contributed by atoms with van der Waals surface area (Å²) >= 11 is 0. The van der Waals surface area contributed by atoms with Crippen LogP contribution in [-0.2, 0) is 0 Å². The molecule has 2 atom stereocenters. The summed E-state index contributed by atoms with van der Waals surface area (Å²) in [5.41, 5.74) is 0.556. The SMILES string of the molecule is CCC(C)C(C)(O)CNC(=O)c1ccc(OC)cc1C. The Kier molecular flexibility index (Phi) is 5.57. The summed E-state index contributed by atoms with van der Waals surface area (Å²) in [4.78, 5) is 12.2. The van der Waals surface area contributed by atoms with Gasteiger partial charge in [0.15, 0.2) is 0 Å². The molecule has 0 fully saturated rings. The maximum Gasteiger partial charge on any atom is 0.251 e. The van der Waals surface area contributed by atoms with E-state index in [1.807, 2.05) is 26.8 Å². The largest absolute Gasteiger partial charge is 0.497 e. The van der Waals surface area contributed by atoms with Crippen LogP contribution in [0.1, 0.15) is 43.1 Å². The third kappa shape index (κ3) is 3.97. The van der Waals surface area contributed by atoms with Gasteiger partial charge in [-0.15, -0.1) is 0 Å². The number of rotatable bonds is 6. The number of aryl methyl sites for hydroxylation is 1. The zero-order valence-corrected chi connectivity index (χ0v) is 13.0. The van der Waals surface area contributed by atoms with E-state index < -0.39 is 5.60 Å². The Morgan fingerprint density at radius 2 is 2.15 bits per heavy atom. The Labute approximate surface area is 121 Å². The van der Waals surface area contributed by atoms with Crippen LogP contribution in [0, 0.1) is 12.8 Å². The highest BCUT2D eigenvalue weighted by Gasteiger charge is 2.27. The number of methoxy groups -OCH3 is 1. The maximum atomic E-state index is 12.2. The number of nitrogens with one attached hydrogen (secondary N) is 1. The number of ether oxygens (including phenoxy) is 1. The van der Waals surface area contributed by atoms with Gasteiger partial charge in [0.05, 0.1) is 12.7 Å². The first-order valence-electron chi connectivity index (χ1n) is 6.97. The van der Waals surface area contributed by atoms with Crippen LogP contribution >= 0.6 is 0 Å². The van der Waals surface area contributed by atoms with Crippen molar-refractivity contribution in [1.29, 1.82) is 0 Å². The molecule has 0 heterocycles. The summed E-state index contributed by atoms with van der Waals surface area (Å²) < 4.78 is 5.12. The molecule has 0 aliphatic carbocycles. The molecule has 1 amide bonds. The second-order valence-electron chi connectivity index (χ2n) is 5.53. The molecule has 1 aromatic carbocycles. The summed E-state index contributed by atoms with van der Waals surface area (Å²) in [5.74, 6) is 0.680. The molecule has 0 radical (unpaired) electrons. The van der Waals surface area contributed by atoms with E-state index in [0.717, 1.165) is 17.7 Å². The van der Waals surface area contributed by atoms with E-state index in [-0.39, 0.29) is 18.4 Å². The van der Waals surface area contributed by atoms with Gasteiger partial charge in [0.25, 0.3) is 5.91 Å². The quantitative estimate of drug-likeness (QED) is 0.841. The standard InChI is InChI=1S/C16H25NO3/c1-6-12(3)16(4,19)10-17-15(18)14-8-7-13(20-5)9-11(14)2/h7-9,12,19H,6,10H2,1-5H3,(H,17,18). The Bertz CT molecular complexity index is 469. The molecule has 0 saturated heterocycles. The van der Waals surface area contributed by atoms with E-state index in [4.69, 9.17) is 4.74 Å². The van der Waals surface area contributed by atoms with E-state index in [0.29, 0.717) is 5.56 Å². The van der Waals surface area contributed by atoms with Crippen molar-refractivity contribution in [2.45, 2.75) is 39.7 Å². The molecular weight excluding hydrogens is 254 g/mol. The molecule has 2 unspecified atom stereocenters. The van der Waals surface area contributed by atoms with E-state index in [9.17, 15) is 9.90 Å². The number of carbonyl (C=O) groups excluding carboxylic acids is 1. The molecule has 2 N–H and O–H groups in total. The average Bonchev–Trinajstić information content (AvgIpc) is 2.43. The lowest BCUT2D eigenvalue weighted by Crippen LogP contribution is -2.45. The summed E-state index contributed by atoms with van der Waals surface area (Å²) in [6.07, 6.45) is 0.866. The fourth-order valence-corrected chi connectivity index (χ4v) is 1.99. The van der Waals surface area contributed by atoms with Crippen molar-refractivity contribution in [3.63, 3.8) is 0 Å².